The second-order valence-corrected chi connectivity index (χ2v) is 4.25. The number of nitrogens with zero attached hydrogens (tertiary/aromatic N) is 1. The Morgan fingerprint density at radius 3 is 2.85 bits per heavy atom. The number of allylic oxidation sites excluding steroid dienone is 3. The SMILES string of the molecule is CC=C1C(=CCC2CC2)CCN1C. The molecule has 72 valence electrons. The Kier molecular flexibility index (Phi) is 2.43. The summed E-state index contributed by atoms with van der Waals surface area (Å²) in [5.74, 6) is 1.02. The zero-order valence-electron chi connectivity index (χ0n) is 8.71. The van der Waals surface area contributed by atoms with Crippen molar-refractivity contribution in [3.63, 3.8) is 0 Å². The summed E-state index contributed by atoms with van der Waals surface area (Å²) in [5.41, 5.74) is 3.04. The van der Waals surface area contributed by atoms with E-state index in [9.17, 15) is 0 Å². The third-order valence-electron chi connectivity index (χ3n) is 3.12. The maximum absolute atomic E-state index is 2.47. The quantitative estimate of drug-likeness (QED) is 0.627. The lowest BCUT2D eigenvalue weighted by atomic mass is 10.1. The average Bonchev–Trinajstić information content (AvgIpc) is 2.88. The monoisotopic (exact) mass is 177 g/mol. The highest BCUT2D eigenvalue weighted by Gasteiger charge is 2.22. The van der Waals surface area contributed by atoms with Crippen molar-refractivity contribution in [1.82, 2.24) is 4.90 Å². The molecule has 0 aromatic carbocycles. The van der Waals surface area contributed by atoms with Gasteiger partial charge in [-0.05, 0) is 44.1 Å². The van der Waals surface area contributed by atoms with E-state index in [4.69, 9.17) is 0 Å². The van der Waals surface area contributed by atoms with E-state index in [1.165, 1.54) is 37.9 Å². The number of hydrogen-bond donors (Lipinski definition) is 0. The van der Waals surface area contributed by atoms with Gasteiger partial charge in [-0.25, -0.2) is 0 Å². The number of likely N-dealkylation sites (tertiary alicyclic amines) is 1. The van der Waals surface area contributed by atoms with Crippen LogP contribution in [0.15, 0.2) is 23.4 Å². The molecule has 0 unspecified atom stereocenters. The highest BCUT2D eigenvalue weighted by atomic mass is 15.1. The predicted molar refractivity (Wildman–Crippen MR) is 56.4 cm³/mol. The van der Waals surface area contributed by atoms with Gasteiger partial charge in [-0.2, -0.15) is 0 Å². The normalized spacial score (nSPS) is 29.2. The first kappa shape index (κ1) is 8.86. The van der Waals surface area contributed by atoms with Crippen LogP contribution in [-0.2, 0) is 0 Å². The van der Waals surface area contributed by atoms with Crippen molar-refractivity contribution >= 4 is 0 Å². The highest BCUT2D eigenvalue weighted by Crippen LogP contribution is 2.35. The molecule has 1 saturated heterocycles. The Labute approximate surface area is 81.1 Å². The minimum absolute atomic E-state index is 1.02. The molecule has 0 spiro atoms. The summed E-state index contributed by atoms with van der Waals surface area (Å²) in [5, 5.41) is 0. The van der Waals surface area contributed by atoms with Crippen molar-refractivity contribution in [3.8, 4) is 0 Å². The summed E-state index contributed by atoms with van der Waals surface area (Å²) in [7, 11) is 2.19. The van der Waals surface area contributed by atoms with Crippen molar-refractivity contribution in [1.29, 1.82) is 0 Å². The van der Waals surface area contributed by atoms with Crippen molar-refractivity contribution in [2.75, 3.05) is 13.6 Å². The lowest BCUT2D eigenvalue weighted by Crippen LogP contribution is -2.09. The Balaban J connectivity index is 2.00. The van der Waals surface area contributed by atoms with Crippen molar-refractivity contribution in [2.45, 2.75) is 32.6 Å². The molecule has 1 nitrogen and oxygen atoms in total. The summed E-state index contributed by atoms with van der Waals surface area (Å²) in [6, 6.07) is 0. The Hall–Kier alpha value is -0.720. The van der Waals surface area contributed by atoms with Crippen LogP contribution in [0.4, 0.5) is 0 Å². The van der Waals surface area contributed by atoms with Gasteiger partial charge in [0.05, 0.1) is 0 Å². The van der Waals surface area contributed by atoms with Gasteiger partial charge >= 0.3 is 0 Å². The van der Waals surface area contributed by atoms with Crippen molar-refractivity contribution in [3.05, 3.63) is 23.4 Å². The first-order chi connectivity index (χ1) is 6.31. The molecule has 0 aromatic rings. The molecule has 0 aromatic heterocycles. The number of rotatable bonds is 2. The maximum atomic E-state index is 2.47. The molecule has 1 aliphatic carbocycles. The summed E-state index contributed by atoms with van der Waals surface area (Å²) in [6.07, 6.45) is 10.2. The summed E-state index contributed by atoms with van der Waals surface area (Å²) in [6.45, 7) is 3.35. The topological polar surface area (TPSA) is 3.24 Å². The molecule has 13 heavy (non-hydrogen) atoms. The molecule has 0 atom stereocenters. The molecule has 2 aliphatic rings. The fraction of sp³-hybridized carbons (Fsp3) is 0.667. The van der Waals surface area contributed by atoms with Gasteiger partial charge in [-0.15, -0.1) is 0 Å². The molecule has 0 bridgehead atoms. The second-order valence-electron chi connectivity index (χ2n) is 4.25. The molecule has 0 amide bonds. The van der Waals surface area contributed by atoms with E-state index < -0.39 is 0 Å². The molecule has 0 radical (unpaired) electrons. The molecular weight excluding hydrogens is 158 g/mol. The van der Waals surface area contributed by atoms with E-state index in [2.05, 4.69) is 31.0 Å². The molecule has 2 rings (SSSR count). The largest absolute Gasteiger partial charge is 0.374 e. The van der Waals surface area contributed by atoms with E-state index in [0.29, 0.717) is 0 Å². The first-order valence-electron chi connectivity index (χ1n) is 5.38. The average molecular weight is 177 g/mol. The summed E-state index contributed by atoms with van der Waals surface area (Å²) < 4.78 is 0. The van der Waals surface area contributed by atoms with Crippen LogP contribution in [0.3, 0.4) is 0 Å². The van der Waals surface area contributed by atoms with Gasteiger partial charge in [-0.1, -0.05) is 12.2 Å². The lowest BCUT2D eigenvalue weighted by Gasteiger charge is -2.11. The fourth-order valence-electron chi connectivity index (χ4n) is 2.06. The van der Waals surface area contributed by atoms with E-state index in [0.717, 1.165) is 5.92 Å². The zero-order valence-corrected chi connectivity index (χ0v) is 8.71. The van der Waals surface area contributed by atoms with Crippen LogP contribution in [0.2, 0.25) is 0 Å². The van der Waals surface area contributed by atoms with Crippen molar-refractivity contribution < 1.29 is 0 Å². The molecule has 1 aliphatic heterocycles. The van der Waals surface area contributed by atoms with Crippen LogP contribution >= 0.6 is 0 Å². The van der Waals surface area contributed by atoms with Crippen LogP contribution in [0.1, 0.15) is 32.6 Å². The molecule has 0 N–H and O–H groups in total. The molecular formula is C12H19N. The fourth-order valence-corrected chi connectivity index (χ4v) is 2.06. The maximum Gasteiger partial charge on any atom is 0.0350 e. The van der Waals surface area contributed by atoms with Gasteiger partial charge < -0.3 is 4.90 Å². The molecule has 2 fully saturated rings. The number of likely N-dealkylation sites (N-methyl/N-ethyl adjacent to an activating group) is 1. The second kappa shape index (κ2) is 3.57. The van der Waals surface area contributed by atoms with E-state index >= 15 is 0 Å². The van der Waals surface area contributed by atoms with Crippen LogP contribution in [0, 0.1) is 5.92 Å². The first-order valence-corrected chi connectivity index (χ1v) is 5.38. The van der Waals surface area contributed by atoms with Crippen LogP contribution in [-0.4, -0.2) is 18.5 Å². The summed E-state index contributed by atoms with van der Waals surface area (Å²) in [4.78, 5) is 2.36. The number of hydrogen-bond acceptors (Lipinski definition) is 1. The highest BCUT2D eigenvalue weighted by molar-refractivity contribution is 5.33. The molecule has 1 heteroatoms. The smallest absolute Gasteiger partial charge is 0.0350 e. The molecule has 1 heterocycles. The van der Waals surface area contributed by atoms with Crippen LogP contribution in [0.5, 0.6) is 0 Å². The third-order valence-corrected chi connectivity index (χ3v) is 3.12. The summed E-state index contributed by atoms with van der Waals surface area (Å²) >= 11 is 0. The Morgan fingerprint density at radius 2 is 2.23 bits per heavy atom. The van der Waals surface area contributed by atoms with Crippen LogP contribution in [0.25, 0.3) is 0 Å². The Bertz CT molecular complexity index is 246. The van der Waals surface area contributed by atoms with E-state index in [-0.39, 0.29) is 0 Å². The standard InChI is InChI=1S/C12H19N/c1-3-12-11(8-9-13(12)2)7-6-10-4-5-10/h3,7,10H,4-6,8-9H2,1-2H3. The van der Waals surface area contributed by atoms with Gasteiger partial charge in [0.15, 0.2) is 0 Å². The zero-order chi connectivity index (χ0) is 9.26. The van der Waals surface area contributed by atoms with Crippen LogP contribution < -0.4 is 0 Å². The van der Waals surface area contributed by atoms with Gasteiger partial charge in [0.25, 0.3) is 0 Å². The van der Waals surface area contributed by atoms with Gasteiger partial charge in [-0.3, -0.25) is 0 Å². The molecule has 1 saturated carbocycles. The third kappa shape index (κ3) is 1.96. The minimum Gasteiger partial charge on any atom is -0.374 e. The van der Waals surface area contributed by atoms with E-state index in [1.807, 2.05) is 0 Å². The van der Waals surface area contributed by atoms with Gasteiger partial charge in [0.2, 0.25) is 0 Å². The van der Waals surface area contributed by atoms with Gasteiger partial charge in [0, 0.05) is 19.3 Å². The minimum atomic E-state index is 1.02. The lowest BCUT2D eigenvalue weighted by molar-refractivity contribution is 0.481. The Morgan fingerprint density at radius 1 is 1.46 bits per heavy atom. The van der Waals surface area contributed by atoms with E-state index in [1.54, 1.807) is 5.57 Å². The van der Waals surface area contributed by atoms with Crippen molar-refractivity contribution in [2.24, 2.45) is 5.92 Å². The van der Waals surface area contributed by atoms with Gasteiger partial charge in [0.1, 0.15) is 0 Å². The predicted octanol–water partition coefficient (Wildman–Crippen LogP) is 2.95.